The van der Waals surface area contributed by atoms with Gasteiger partial charge < -0.3 is 18.0 Å². The van der Waals surface area contributed by atoms with Gasteiger partial charge in [0.2, 0.25) is 0 Å². The molecule has 12 heteroatoms. The molecule has 0 saturated heterocycles. The number of nitrogens with zero attached hydrogens (tertiary/aromatic N) is 10. The standard InChI is InChI=1S/2C48H35N5O/c1-48(2,3)33-23-20-31(21-24-33)46-50-45(30-12-5-4-6-13-30)51-47(52-46)39-29-34(26-27-49-39)53-40-17-9-7-14-36(40)37-25-22-32(28-41(37)53)35-16-11-19-43-44(35)38-15-8-10-18-42(38)54-43;1-48(2,3)33-23-20-31(21-24-33)46-50-45(30-12-5-4-6-13-30)51-47(52-46)38-29-49-27-26-40(38)53-39-17-9-7-14-35(39)36-25-22-32(28-41(36)53)34-16-11-19-43-44(34)37-15-8-10-18-42(37)54-43/h2*4-29H,1-3H3. The zero-order valence-corrected chi connectivity index (χ0v) is 60.3. The second-order valence-electron chi connectivity index (χ2n) is 29.5. The van der Waals surface area contributed by atoms with Crippen molar-refractivity contribution in [1.82, 2.24) is 49.0 Å². The second kappa shape index (κ2) is 26.1. The van der Waals surface area contributed by atoms with Gasteiger partial charge in [-0.05, 0) is 111 Å². The number of hydrogen-bond acceptors (Lipinski definition) is 10. The van der Waals surface area contributed by atoms with Crippen LogP contribution in [0.2, 0.25) is 0 Å². The Kier molecular flexibility index (Phi) is 15.7. The molecular weight excluding hydrogens is 1330 g/mol. The molecule has 0 fully saturated rings. The van der Waals surface area contributed by atoms with Gasteiger partial charge in [-0.25, -0.2) is 29.9 Å². The zero-order chi connectivity index (χ0) is 72.8. The Bertz CT molecular complexity index is 6880. The van der Waals surface area contributed by atoms with Crippen LogP contribution >= 0.6 is 0 Å². The molecule has 0 aliphatic carbocycles. The number of rotatable bonds is 10. The number of para-hydroxylation sites is 4. The molecule has 12 aromatic carbocycles. The highest BCUT2D eigenvalue weighted by Crippen LogP contribution is 2.44. The van der Waals surface area contributed by atoms with Crippen molar-refractivity contribution in [2.75, 3.05) is 0 Å². The Morgan fingerprint density at radius 3 is 1.18 bits per heavy atom. The van der Waals surface area contributed by atoms with E-state index in [0.29, 0.717) is 40.6 Å². The summed E-state index contributed by atoms with van der Waals surface area (Å²) in [4.78, 5) is 39.8. The maximum Gasteiger partial charge on any atom is 0.182 e. The Balaban J connectivity index is 0.000000147. The van der Waals surface area contributed by atoms with Gasteiger partial charge in [0.15, 0.2) is 34.9 Å². The van der Waals surface area contributed by atoms with E-state index in [2.05, 4.69) is 256 Å². The van der Waals surface area contributed by atoms with E-state index in [0.717, 1.165) is 138 Å². The number of benzene rings is 12. The van der Waals surface area contributed by atoms with Crippen LogP contribution in [0.4, 0.5) is 0 Å². The van der Waals surface area contributed by atoms with Gasteiger partial charge >= 0.3 is 0 Å². The van der Waals surface area contributed by atoms with Crippen molar-refractivity contribution in [3.05, 3.63) is 327 Å². The average Bonchev–Trinajstić information content (AvgIpc) is 1.57. The summed E-state index contributed by atoms with van der Waals surface area (Å²) in [5.41, 5.74) is 22.0. The van der Waals surface area contributed by atoms with Crippen molar-refractivity contribution in [2.24, 2.45) is 0 Å². The third-order valence-electron chi connectivity index (χ3n) is 20.6. The molecule has 108 heavy (non-hydrogen) atoms. The number of aromatic nitrogens is 10. The molecule has 0 atom stereocenters. The number of fused-ring (bicyclic) bond motifs is 12. The van der Waals surface area contributed by atoms with E-state index in [4.69, 9.17) is 43.7 Å². The molecule has 0 aliphatic rings. The molecule has 516 valence electrons. The highest BCUT2D eigenvalue weighted by Gasteiger charge is 2.25. The lowest BCUT2D eigenvalue weighted by molar-refractivity contribution is 0.590. The number of pyridine rings is 2. The highest BCUT2D eigenvalue weighted by atomic mass is 16.3. The van der Waals surface area contributed by atoms with Crippen LogP contribution in [0.25, 0.3) is 190 Å². The molecule has 8 aromatic heterocycles. The normalized spacial score (nSPS) is 12.0. The van der Waals surface area contributed by atoms with Gasteiger partial charge in [0, 0.05) is 89.6 Å². The van der Waals surface area contributed by atoms with Crippen molar-refractivity contribution in [3.8, 4) is 102 Å². The molecule has 0 unspecified atom stereocenters. The maximum absolute atomic E-state index is 6.28. The van der Waals surface area contributed by atoms with E-state index in [1.807, 2.05) is 116 Å². The fraction of sp³-hybridized carbons (Fsp3) is 0.0833. The first-order chi connectivity index (χ1) is 52.8. The molecule has 20 aromatic rings. The number of hydrogen-bond donors (Lipinski definition) is 0. The molecule has 0 bridgehead atoms. The predicted molar refractivity (Wildman–Crippen MR) is 439 cm³/mol. The molecule has 0 radical (unpaired) electrons. The Morgan fingerprint density at radius 2 is 0.676 bits per heavy atom. The van der Waals surface area contributed by atoms with Gasteiger partial charge in [-0.2, -0.15) is 0 Å². The van der Waals surface area contributed by atoms with E-state index in [9.17, 15) is 0 Å². The van der Waals surface area contributed by atoms with Gasteiger partial charge in [-0.3, -0.25) is 9.97 Å². The van der Waals surface area contributed by atoms with Crippen LogP contribution in [0.15, 0.2) is 325 Å². The van der Waals surface area contributed by atoms with Crippen LogP contribution in [0.5, 0.6) is 0 Å². The summed E-state index contributed by atoms with van der Waals surface area (Å²) in [5, 5.41) is 9.11. The topological polar surface area (TPSA) is 139 Å². The van der Waals surface area contributed by atoms with E-state index in [1.165, 1.54) is 21.9 Å². The SMILES string of the molecule is CC(C)(C)c1ccc(-c2nc(-c3ccccc3)nc(-c3cc(-n4c5ccccc5c5ccc(-c6cccc7oc8ccccc8c67)cc54)ccn3)n2)cc1.CC(C)(C)c1ccc(-c2nc(-c3ccccc3)nc(-c3cnccc3-n3c4ccccc4c4ccc(-c5cccc6oc7ccccc7c56)cc43)n2)cc1. The molecule has 0 amide bonds. The van der Waals surface area contributed by atoms with Crippen LogP contribution in [0, 0.1) is 0 Å². The van der Waals surface area contributed by atoms with Gasteiger partial charge in [0.25, 0.3) is 0 Å². The summed E-state index contributed by atoms with van der Waals surface area (Å²) in [6.07, 6.45) is 5.55. The molecule has 8 heterocycles. The van der Waals surface area contributed by atoms with Gasteiger partial charge in [-0.15, -0.1) is 0 Å². The minimum Gasteiger partial charge on any atom is -0.456 e. The minimum absolute atomic E-state index is 0.0314. The van der Waals surface area contributed by atoms with Crippen LogP contribution in [-0.2, 0) is 10.8 Å². The van der Waals surface area contributed by atoms with Gasteiger partial charge in [0.1, 0.15) is 28.0 Å². The monoisotopic (exact) mass is 1390 g/mol. The lowest BCUT2D eigenvalue weighted by Gasteiger charge is -2.19. The first kappa shape index (κ1) is 65.0. The summed E-state index contributed by atoms with van der Waals surface area (Å²) in [5.74, 6) is 3.49. The molecule has 0 N–H and O–H groups in total. The van der Waals surface area contributed by atoms with Crippen LogP contribution in [-0.4, -0.2) is 49.0 Å². The highest BCUT2D eigenvalue weighted by molar-refractivity contribution is 6.17. The van der Waals surface area contributed by atoms with E-state index in [1.54, 1.807) is 0 Å². The van der Waals surface area contributed by atoms with Crippen molar-refractivity contribution in [3.63, 3.8) is 0 Å². The summed E-state index contributed by atoms with van der Waals surface area (Å²) in [6, 6.07) is 103. The fourth-order valence-corrected chi connectivity index (χ4v) is 15.2. The van der Waals surface area contributed by atoms with E-state index in [-0.39, 0.29) is 10.8 Å². The molecule has 0 aliphatic heterocycles. The molecular formula is C96H70N10O2. The largest absolute Gasteiger partial charge is 0.456 e. The molecule has 12 nitrogen and oxygen atoms in total. The predicted octanol–water partition coefficient (Wildman–Crippen LogP) is 24.5. The van der Waals surface area contributed by atoms with Gasteiger partial charge in [0.05, 0.1) is 33.3 Å². The summed E-state index contributed by atoms with van der Waals surface area (Å²) < 4.78 is 17.2. The molecule has 0 spiro atoms. The molecule has 20 rings (SSSR count). The summed E-state index contributed by atoms with van der Waals surface area (Å²) in [7, 11) is 0. The quantitative estimate of drug-likeness (QED) is 0.130. The van der Waals surface area contributed by atoms with E-state index < -0.39 is 0 Å². The van der Waals surface area contributed by atoms with Crippen LogP contribution in [0.1, 0.15) is 52.7 Å². The average molecular weight is 1400 g/mol. The Hall–Kier alpha value is -13.8. The van der Waals surface area contributed by atoms with Crippen molar-refractivity contribution >= 4 is 87.5 Å². The maximum atomic E-state index is 6.28. The summed E-state index contributed by atoms with van der Waals surface area (Å²) in [6.45, 7) is 13.3. The molecule has 0 saturated carbocycles. The lowest BCUT2D eigenvalue weighted by atomic mass is 9.86. The van der Waals surface area contributed by atoms with Crippen LogP contribution < -0.4 is 0 Å². The summed E-state index contributed by atoms with van der Waals surface area (Å²) >= 11 is 0. The fourth-order valence-electron chi connectivity index (χ4n) is 15.2. The number of furan rings is 2. The Labute approximate surface area is 623 Å². The lowest BCUT2D eigenvalue weighted by Crippen LogP contribution is -2.10. The smallest absolute Gasteiger partial charge is 0.182 e. The Morgan fingerprint density at radius 1 is 0.278 bits per heavy atom. The first-order valence-electron chi connectivity index (χ1n) is 36.4. The zero-order valence-electron chi connectivity index (χ0n) is 60.3. The van der Waals surface area contributed by atoms with E-state index >= 15 is 0 Å². The van der Waals surface area contributed by atoms with Gasteiger partial charge in [-0.1, -0.05) is 272 Å². The van der Waals surface area contributed by atoms with Crippen molar-refractivity contribution in [2.45, 2.75) is 52.4 Å². The van der Waals surface area contributed by atoms with Crippen LogP contribution in [0.3, 0.4) is 0 Å². The first-order valence-corrected chi connectivity index (χ1v) is 36.4. The third kappa shape index (κ3) is 11.6. The van der Waals surface area contributed by atoms with Crippen molar-refractivity contribution < 1.29 is 8.83 Å². The third-order valence-corrected chi connectivity index (χ3v) is 20.6. The second-order valence-corrected chi connectivity index (χ2v) is 29.5. The minimum atomic E-state index is 0.0314. The van der Waals surface area contributed by atoms with Crippen molar-refractivity contribution in [1.29, 1.82) is 0 Å².